The number of ether oxygens (including phenoxy) is 4. The van der Waals surface area contributed by atoms with Crippen LogP contribution in [0.5, 0.6) is 0 Å². The van der Waals surface area contributed by atoms with E-state index in [0.29, 0.717) is 25.7 Å². The molecule has 2 aromatic carbocycles. The van der Waals surface area contributed by atoms with Crippen molar-refractivity contribution in [2.24, 2.45) is 23.7 Å². The third-order valence-electron chi connectivity index (χ3n) is 12.0. The highest BCUT2D eigenvalue weighted by Crippen LogP contribution is 2.25. The molecule has 0 amide bonds. The number of hydrogen-bond donors (Lipinski definition) is 0. The summed E-state index contributed by atoms with van der Waals surface area (Å²) in [6, 6.07) is 15.5. The summed E-state index contributed by atoms with van der Waals surface area (Å²) in [7, 11) is 6.81. The molecule has 0 unspecified atom stereocenters. The molecule has 376 valence electrons. The molecule has 0 aromatic heterocycles. The first-order chi connectivity index (χ1) is 31.8. The Balaban J connectivity index is 2.25. The van der Waals surface area contributed by atoms with Gasteiger partial charge in [-0.05, 0) is 74.3 Å². The minimum atomic E-state index is -0.973. The molecule has 0 saturated carbocycles. The first-order valence-corrected chi connectivity index (χ1v) is 25.4. The normalized spacial score (nSPS) is 25.2. The van der Waals surface area contributed by atoms with E-state index in [1.165, 1.54) is 0 Å². The Bertz CT molecular complexity index is 1880. The second-order valence-electron chi connectivity index (χ2n) is 19.8. The quantitative estimate of drug-likeness (QED) is 0.114. The Morgan fingerprint density at radius 3 is 0.897 bits per heavy atom. The van der Waals surface area contributed by atoms with Crippen LogP contribution in [0.25, 0.3) is 0 Å². The van der Waals surface area contributed by atoms with Crippen LogP contribution in [0.1, 0.15) is 106 Å². The lowest BCUT2D eigenvalue weighted by Gasteiger charge is -2.38. The molecule has 12 nitrogen and oxygen atoms in total. The van der Waals surface area contributed by atoms with Crippen molar-refractivity contribution in [2.45, 2.75) is 156 Å². The number of thiocarbonyl (C=S) groups is 4. The molecule has 1 fully saturated rings. The molecule has 2 aromatic rings. The van der Waals surface area contributed by atoms with Gasteiger partial charge in [-0.2, -0.15) is 0 Å². The molecule has 3 rings (SSSR count). The fraction of sp³-hybridized carbons (Fsp3) is 0.615. The molecule has 8 atom stereocenters. The maximum absolute atomic E-state index is 14.6. The summed E-state index contributed by atoms with van der Waals surface area (Å²) in [5, 5.41) is 0. The lowest BCUT2D eigenvalue weighted by Crippen LogP contribution is -2.54. The molecule has 0 radical (unpaired) electrons. The van der Waals surface area contributed by atoms with Gasteiger partial charge in [0, 0.05) is 41.0 Å². The van der Waals surface area contributed by atoms with Crippen LogP contribution in [-0.2, 0) is 51.0 Å². The molecule has 68 heavy (non-hydrogen) atoms. The molecule has 0 N–H and O–H groups in total. The van der Waals surface area contributed by atoms with E-state index in [4.69, 9.17) is 67.8 Å². The number of cyclic esters (lactones) is 4. The van der Waals surface area contributed by atoms with Crippen LogP contribution in [0, 0.1) is 23.7 Å². The molecule has 1 aliphatic heterocycles. The maximum Gasteiger partial charge on any atom is 0.329 e. The maximum atomic E-state index is 14.6. The van der Waals surface area contributed by atoms with Gasteiger partial charge in [-0.1, -0.05) is 165 Å². The van der Waals surface area contributed by atoms with E-state index in [2.05, 4.69) is 0 Å². The molecule has 1 saturated heterocycles. The standard InChI is InChI=1S/C52H76N4O8S4/c1-31(2)25-39-49(57)61-35(9)45(65)53(11)42(28-34(7)8)52(60)64-44(30-38-23-19-16-20-24-38)48(68)56(14)40(26-32(3)4)50(58)62-36(10)46(66)54(12)41(27-33(5)6)51(59)63-43(47(67)55(39)13)29-37-21-17-15-18-22-37/h15-24,31-36,39-44H,25-30H2,1-14H3/t35-,36-,39+,40+,41+,42+,43-,44-/m1/s1. The van der Waals surface area contributed by atoms with Gasteiger partial charge in [0.2, 0.25) is 0 Å². The third kappa shape index (κ3) is 17.1. The molecular formula is C52H76N4O8S4. The van der Waals surface area contributed by atoms with Gasteiger partial charge in [0.15, 0.2) is 12.2 Å². The van der Waals surface area contributed by atoms with Crippen LogP contribution in [0.3, 0.4) is 0 Å². The summed E-state index contributed by atoms with van der Waals surface area (Å²) in [6.45, 7) is 19.3. The molecule has 0 bridgehead atoms. The fourth-order valence-electron chi connectivity index (χ4n) is 8.14. The minimum Gasteiger partial charge on any atom is -0.454 e. The van der Waals surface area contributed by atoms with Crippen LogP contribution < -0.4 is 0 Å². The van der Waals surface area contributed by atoms with Crippen LogP contribution in [0.4, 0.5) is 0 Å². The highest BCUT2D eigenvalue weighted by molar-refractivity contribution is 7.81. The van der Waals surface area contributed by atoms with Crippen molar-refractivity contribution in [1.29, 1.82) is 0 Å². The molecule has 1 heterocycles. The molecule has 16 heteroatoms. The van der Waals surface area contributed by atoms with Crippen molar-refractivity contribution in [2.75, 3.05) is 28.2 Å². The third-order valence-corrected chi connectivity index (χ3v) is 14.3. The summed E-state index contributed by atoms with van der Waals surface area (Å²) in [5.74, 6) is -2.17. The van der Waals surface area contributed by atoms with Crippen molar-refractivity contribution >= 4 is 92.7 Å². The predicted octanol–water partition coefficient (Wildman–Crippen LogP) is 8.87. The van der Waals surface area contributed by atoms with Crippen LogP contribution in [0.15, 0.2) is 60.7 Å². The number of benzene rings is 2. The monoisotopic (exact) mass is 1010 g/mol. The van der Waals surface area contributed by atoms with Gasteiger partial charge < -0.3 is 38.5 Å². The van der Waals surface area contributed by atoms with E-state index in [1.54, 1.807) is 61.6 Å². The van der Waals surface area contributed by atoms with Gasteiger partial charge in [0.25, 0.3) is 0 Å². The summed E-state index contributed by atoms with van der Waals surface area (Å²) in [5.41, 5.74) is 1.73. The van der Waals surface area contributed by atoms with E-state index in [0.717, 1.165) is 11.1 Å². The molecule has 0 aliphatic carbocycles. The van der Waals surface area contributed by atoms with Gasteiger partial charge >= 0.3 is 23.9 Å². The van der Waals surface area contributed by atoms with Gasteiger partial charge in [0.05, 0.1) is 0 Å². The average molecular weight is 1010 g/mol. The van der Waals surface area contributed by atoms with Gasteiger partial charge in [-0.25, -0.2) is 19.2 Å². The summed E-state index contributed by atoms with van der Waals surface area (Å²) in [6.07, 6.45) is -1.94. The Morgan fingerprint density at radius 1 is 0.412 bits per heavy atom. The van der Waals surface area contributed by atoms with Crippen LogP contribution in [-0.4, -0.2) is 140 Å². The Morgan fingerprint density at radius 2 is 0.647 bits per heavy atom. The lowest BCUT2D eigenvalue weighted by molar-refractivity contribution is -0.152. The van der Waals surface area contributed by atoms with Crippen molar-refractivity contribution in [3.63, 3.8) is 0 Å². The van der Waals surface area contributed by atoms with Crippen molar-refractivity contribution in [3.8, 4) is 0 Å². The van der Waals surface area contributed by atoms with E-state index in [9.17, 15) is 19.2 Å². The predicted molar refractivity (Wildman–Crippen MR) is 286 cm³/mol. The summed E-state index contributed by atoms with van der Waals surface area (Å²) >= 11 is 24.3. The molecule has 0 spiro atoms. The summed E-state index contributed by atoms with van der Waals surface area (Å²) in [4.78, 5) is 65.6. The number of esters is 4. The molecular weight excluding hydrogens is 937 g/mol. The van der Waals surface area contributed by atoms with E-state index in [1.807, 2.05) is 116 Å². The number of carbonyl (C=O) groups excluding carboxylic acids is 4. The van der Waals surface area contributed by atoms with Crippen LogP contribution in [0.2, 0.25) is 0 Å². The smallest absolute Gasteiger partial charge is 0.329 e. The fourth-order valence-corrected chi connectivity index (χ4v) is 9.01. The Hall–Kier alpha value is -4.12. The second-order valence-corrected chi connectivity index (χ2v) is 21.4. The highest BCUT2D eigenvalue weighted by atomic mass is 32.1. The lowest BCUT2D eigenvalue weighted by atomic mass is 10.00. The van der Waals surface area contributed by atoms with Gasteiger partial charge in [0.1, 0.15) is 56.3 Å². The van der Waals surface area contributed by atoms with Crippen molar-refractivity contribution < 1.29 is 38.1 Å². The van der Waals surface area contributed by atoms with Gasteiger partial charge in [-0.3, -0.25) is 0 Å². The number of likely N-dealkylation sites (N-methyl/N-ethyl adjacent to an activating group) is 4. The zero-order valence-corrected chi connectivity index (χ0v) is 45.9. The van der Waals surface area contributed by atoms with Gasteiger partial charge in [-0.15, -0.1) is 0 Å². The van der Waals surface area contributed by atoms with E-state index in [-0.39, 0.29) is 56.5 Å². The van der Waals surface area contributed by atoms with E-state index >= 15 is 0 Å². The largest absolute Gasteiger partial charge is 0.454 e. The zero-order chi connectivity index (χ0) is 51.2. The second kappa shape index (κ2) is 27.3. The SMILES string of the molecule is CC(C)C[C@H]1C(=O)O[C@H](Cc2ccccc2)C(=S)N(C)[C@@H](CC(C)C)C(=O)O[C@H](C)C(=S)N(C)[C@@H](CC(C)C)C(=O)O[C@H](Cc2ccccc2)C(=S)N(C)[C@@H](CC(C)C)C(=O)O[C@H](C)C(=S)N1C. The number of hydrogen-bond acceptors (Lipinski definition) is 12. The van der Waals surface area contributed by atoms with Crippen LogP contribution >= 0.6 is 48.9 Å². The van der Waals surface area contributed by atoms with Crippen molar-refractivity contribution in [1.82, 2.24) is 19.6 Å². The number of carbonyl (C=O) groups is 4. The number of nitrogens with zero attached hydrogens (tertiary/aromatic N) is 4. The first kappa shape index (κ1) is 58.2. The van der Waals surface area contributed by atoms with E-state index < -0.39 is 72.5 Å². The first-order valence-electron chi connectivity index (χ1n) is 23.8. The average Bonchev–Trinajstić information content (AvgIpc) is 3.28. The molecule has 1 aliphatic rings. The minimum absolute atomic E-state index is 0.0330. The Kier molecular flexibility index (Phi) is 23.4. The number of rotatable bonds is 12. The summed E-state index contributed by atoms with van der Waals surface area (Å²) < 4.78 is 25.2. The Labute approximate surface area is 428 Å². The topological polar surface area (TPSA) is 118 Å². The zero-order valence-electron chi connectivity index (χ0n) is 42.6. The highest BCUT2D eigenvalue weighted by Gasteiger charge is 2.40. The van der Waals surface area contributed by atoms with Crippen molar-refractivity contribution in [3.05, 3.63) is 71.8 Å².